The Morgan fingerprint density at radius 3 is 2.45 bits per heavy atom. The molecule has 0 radical (unpaired) electrons. The van der Waals surface area contributed by atoms with Gasteiger partial charge in [0.1, 0.15) is 18.5 Å². The lowest BCUT2D eigenvalue weighted by molar-refractivity contribution is 0.00236. The molecule has 1 aliphatic heterocycles. The summed E-state index contributed by atoms with van der Waals surface area (Å²) >= 11 is 6.22. The highest BCUT2D eigenvalue weighted by Crippen LogP contribution is 2.44. The predicted molar refractivity (Wildman–Crippen MR) is 143 cm³/mol. The molecule has 1 unspecified atom stereocenters. The van der Waals surface area contributed by atoms with Gasteiger partial charge in [0, 0.05) is 11.5 Å². The summed E-state index contributed by atoms with van der Waals surface area (Å²) in [4.78, 5) is 28.1. The lowest BCUT2D eigenvalue weighted by Gasteiger charge is -2.26. The molecule has 1 amide bonds. The Morgan fingerprint density at radius 2 is 1.66 bits per heavy atom. The highest BCUT2D eigenvalue weighted by Gasteiger charge is 2.33. The number of halogens is 1. The third-order valence-corrected chi connectivity index (χ3v) is 7.51. The van der Waals surface area contributed by atoms with Gasteiger partial charge in [0.05, 0.1) is 25.2 Å². The van der Waals surface area contributed by atoms with Crippen LogP contribution in [0.2, 0.25) is 5.15 Å². The number of hydrogen-bond donors (Lipinski definition) is 0. The zero-order valence-corrected chi connectivity index (χ0v) is 21.0. The van der Waals surface area contributed by atoms with Crippen molar-refractivity contribution in [2.24, 2.45) is 0 Å². The van der Waals surface area contributed by atoms with Crippen LogP contribution in [-0.2, 0) is 16.1 Å². The number of nitrogens with zero attached hydrogens (tertiary/aromatic N) is 5. The van der Waals surface area contributed by atoms with Crippen LogP contribution in [0.15, 0.2) is 85.5 Å². The molecule has 1 atom stereocenters. The van der Waals surface area contributed by atoms with Gasteiger partial charge in [-0.3, -0.25) is 9.47 Å². The summed E-state index contributed by atoms with van der Waals surface area (Å²) in [5.41, 5.74) is 7.36. The van der Waals surface area contributed by atoms with Crippen molar-refractivity contribution in [3.63, 3.8) is 0 Å². The van der Waals surface area contributed by atoms with Crippen LogP contribution >= 0.6 is 11.6 Å². The molecule has 188 valence electrons. The van der Waals surface area contributed by atoms with Gasteiger partial charge in [0.2, 0.25) is 0 Å². The first-order valence-electron chi connectivity index (χ1n) is 12.3. The number of carbonyl (C=O) groups is 1. The van der Waals surface area contributed by atoms with E-state index in [9.17, 15) is 4.79 Å². The third-order valence-electron chi connectivity index (χ3n) is 7.23. The molecule has 3 aromatic carbocycles. The highest BCUT2D eigenvalue weighted by molar-refractivity contribution is 6.33. The third kappa shape index (κ3) is 3.72. The molecule has 38 heavy (non-hydrogen) atoms. The second-order valence-corrected chi connectivity index (χ2v) is 9.66. The van der Waals surface area contributed by atoms with Crippen molar-refractivity contribution in [2.75, 3.05) is 18.1 Å². The first-order valence-corrected chi connectivity index (χ1v) is 12.7. The molecule has 5 aromatic rings. The second-order valence-electron chi connectivity index (χ2n) is 9.30. The highest BCUT2D eigenvalue weighted by atomic mass is 35.5. The lowest BCUT2D eigenvalue weighted by atomic mass is 9.98. The van der Waals surface area contributed by atoms with E-state index in [1.54, 1.807) is 15.8 Å². The number of rotatable bonds is 3. The van der Waals surface area contributed by atoms with Gasteiger partial charge >= 0.3 is 6.09 Å². The van der Waals surface area contributed by atoms with Gasteiger partial charge < -0.3 is 9.47 Å². The van der Waals surface area contributed by atoms with E-state index in [4.69, 9.17) is 21.1 Å². The number of imidazole rings is 1. The summed E-state index contributed by atoms with van der Waals surface area (Å²) in [6.07, 6.45) is 2.00. The number of ether oxygens (including phenoxy) is 2. The Bertz CT molecular complexity index is 1640. The van der Waals surface area contributed by atoms with Crippen LogP contribution in [0, 0.1) is 0 Å². The molecule has 3 heterocycles. The summed E-state index contributed by atoms with van der Waals surface area (Å²) in [6.45, 7) is 0.751. The van der Waals surface area contributed by atoms with E-state index < -0.39 is 12.3 Å². The molecule has 1 aliphatic carbocycles. The quantitative estimate of drug-likeness (QED) is 0.271. The van der Waals surface area contributed by atoms with Crippen molar-refractivity contribution in [1.29, 1.82) is 0 Å². The Balaban J connectivity index is 1.19. The number of amides is 1. The number of hydrogen-bond acceptors (Lipinski definition) is 6. The Kier molecular flexibility index (Phi) is 5.56. The second kappa shape index (κ2) is 9.24. The maximum Gasteiger partial charge on any atom is 0.414 e. The lowest BCUT2D eigenvalue weighted by Crippen LogP contribution is -2.37. The summed E-state index contributed by atoms with van der Waals surface area (Å²) in [5.74, 6) is -0.0305. The molecule has 8 nitrogen and oxygen atoms in total. The van der Waals surface area contributed by atoms with E-state index in [0.717, 1.165) is 11.3 Å². The maximum atomic E-state index is 13.7. The fourth-order valence-corrected chi connectivity index (χ4v) is 5.61. The van der Waals surface area contributed by atoms with Crippen molar-refractivity contribution < 1.29 is 14.3 Å². The fourth-order valence-electron chi connectivity index (χ4n) is 5.44. The van der Waals surface area contributed by atoms with Crippen LogP contribution in [-0.4, -0.2) is 38.8 Å². The minimum atomic E-state index is -0.557. The van der Waals surface area contributed by atoms with Gasteiger partial charge in [-0.1, -0.05) is 78.3 Å². The first-order chi connectivity index (χ1) is 18.7. The normalized spacial score (nSPS) is 16.6. The van der Waals surface area contributed by atoms with E-state index in [0.29, 0.717) is 17.8 Å². The van der Waals surface area contributed by atoms with E-state index in [-0.39, 0.29) is 24.2 Å². The van der Waals surface area contributed by atoms with Crippen molar-refractivity contribution >= 4 is 34.5 Å². The smallest absolute Gasteiger partial charge is 0.414 e. The van der Waals surface area contributed by atoms with Crippen molar-refractivity contribution in [3.8, 4) is 11.1 Å². The predicted octanol–water partition coefficient (Wildman–Crippen LogP) is 5.96. The molecule has 0 N–H and O–H groups in total. The Morgan fingerprint density at radius 1 is 0.947 bits per heavy atom. The van der Waals surface area contributed by atoms with Crippen LogP contribution in [0.25, 0.3) is 22.3 Å². The van der Waals surface area contributed by atoms with Crippen molar-refractivity contribution in [3.05, 3.63) is 107 Å². The molecule has 7 rings (SSSR count). The summed E-state index contributed by atoms with van der Waals surface area (Å²) in [6, 6.07) is 24.3. The van der Waals surface area contributed by atoms with E-state index in [1.165, 1.54) is 28.6 Å². The zero-order valence-electron chi connectivity index (χ0n) is 20.2. The zero-order chi connectivity index (χ0) is 25.6. The Hall–Kier alpha value is -4.27. The molecule has 9 heteroatoms. The van der Waals surface area contributed by atoms with Gasteiger partial charge in [-0.05, 0) is 28.3 Å². The summed E-state index contributed by atoms with van der Waals surface area (Å²) in [7, 11) is 0. The van der Waals surface area contributed by atoms with Gasteiger partial charge in [0.25, 0.3) is 0 Å². The van der Waals surface area contributed by atoms with Crippen LogP contribution in [0.4, 0.5) is 10.5 Å². The minimum Gasteiger partial charge on any atom is -0.448 e. The molecule has 2 aromatic heterocycles. The molecule has 0 fully saturated rings. The average Bonchev–Trinajstić information content (AvgIpc) is 3.46. The SMILES string of the molecule is O=C(OCC1c2ccccc2-c2ccccc21)N1CC(n2cnc3c(Cl)ncnc32)OCc2ccccc21. The fraction of sp³-hybridized carbons (Fsp3) is 0.172. The van der Waals surface area contributed by atoms with Crippen LogP contribution in [0.1, 0.15) is 28.8 Å². The molecular weight excluding hydrogens is 502 g/mol. The van der Waals surface area contributed by atoms with E-state index in [2.05, 4.69) is 39.2 Å². The van der Waals surface area contributed by atoms with Gasteiger partial charge in [-0.25, -0.2) is 19.7 Å². The monoisotopic (exact) mass is 523 g/mol. The number of fused-ring (bicyclic) bond motifs is 5. The minimum absolute atomic E-state index is 0.0305. The molecule has 0 saturated heterocycles. The summed E-state index contributed by atoms with van der Waals surface area (Å²) in [5, 5.41) is 0.263. The number of para-hydroxylation sites is 1. The molecular formula is C29H22ClN5O3. The maximum absolute atomic E-state index is 13.7. The molecule has 0 spiro atoms. The average molecular weight is 524 g/mol. The van der Waals surface area contributed by atoms with Crippen LogP contribution < -0.4 is 4.90 Å². The van der Waals surface area contributed by atoms with E-state index in [1.807, 2.05) is 48.5 Å². The first kappa shape index (κ1) is 22.9. The van der Waals surface area contributed by atoms with Crippen molar-refractivity contribution in [1.82, 2.24) is 19.5 Å². The molecule has 0 saturated carbocycles. The van der Waals surface area contributed by atoms with Gasteiger partial charge in [-0.15, -0.1) is 0 Å². The number of benzene rings is 3. The topological polar surface area (TPSA) is 82.4 Å². The number of anilines is 1. The number of aromatic nitrogens is 4. The van der Waals surface area contributed by atoms with Crippen molar-refractivity contribution in [2.45, 2.75) is 18.8 Å². The van der Waals surface area contributed by atoms with Crippen LogP contribution in [0.5, 0.6) is 0 Å². The Labute approximate surface area is 223 Å². The van der Waals surface area contributed by atoms with Gasteiger partial charge in [-0.2, -0.15) is 0 Å². The van der Waals surface area contributed by atoms with Crippen LogP contribution in [0.3, 0.4) is 0 Å². The standard InChI is InChI=1S/C29H22ClN5O3/c30-27-26-28(32-16-31-27)35(17-33-26)25-13-34(24-12-6-1-7-18(24)14-37-25)29(36)38-15-23-21-10-4-2-8-19(21)20-9-3-5-11-22(20)23/h1-12,16-17,23,25H,13-15H2. The number of carbonyl (C=O) groups excluding carboxylic acids is 1. The largest absolute Gasteiger partial charge is 0.448 e. The molecule has 0 bridgehead atoms. The van der Waals surface area contributed by atoms with Gasteiger partial charge in [0.15, 0.2) is 17.0 Å². The van der Waals surface area contributed by atoms with E-state index >= 15 is 0 Å². The molecule has 2 aliphatic rings. The summed E-state index contributed by atoms with van der Waals surface area (Å²) < 4.78 is 14.0.